The summed E-state index contributed by atoms with van der Waals surface area (Å²) in [5.41, 5.74) is 0. The molecule has 1 fully saturated rings. The molecule has 0 unspecified atom stereocenters. The summed E-state index contributed by atoms with van der Waals surface area (Å²) in [5, 5.41) is 20.3. The molecule has 7 nitrogen and oxygen atoms in total. The second kappa shape index (κ2) is 6.93. The van der Waals surface area contributed by atoms with E-state index in [1.165, 1.54) is 14.1 Å². The van der Waals surface area contributed by atoms with Gasteiger partial charge < -0.3 is 14.9 Å². The lowest BCUT2D eigenvalue weighted by Crippen LogP contribution is -2.58. The average Bonchev–Trinajstić information content (AvgIpc) is 2.48. The van der Waals surface area contributed by atoms with Crippen molar-refractivity contribution in [2.45, 2.75) is 37.2 Å². The highest BCUT2D eigenvalue weighted by atomic mass is 32.2. The van der Waals surface area contributed by atoms with Crippen molar-refractivity contribution in [3.63, 3.8) is 0 Å². The Morgan fingerprint density at radius 1 is 1.14 bits per heavy atom. The number of nitrogens with one attached hydrogen (secondary N) is 1. The Balaban J connectivity index is 2.00. The summed E-state index contributed by atoms with van der Waals surface area (Å²) < 4.78 is 32.7. The van der Waals surface area contributed by atoms with E-state index in [1.54, 1.807) is 12.1 Å². The summed E-state index contributed by atoms with van der Waals surface area (Å²) in [6, 6.07) is 8.27. The smallest absolute Gasteiger partial charge is 0.279 e. The van der Waals surface area contributed by atoms with Crippen molar-refractivity contribution in [3.05, 3.63) is 30.3 Å². The van der Waals surface area contributed by atoms with Crippen LogP contribution in [0.3, 0.4) is 0 Å². The van der Waals surface area contributed by atoms with E-state index in [9.17, 15) is 18.6 Å². The summed E-state index contributed by atoms with van der Waals surface area (Å²) >= 11 is 0. The van der Waals surface area contributed by atoms with E-state index >= 15 is 0 Å². The van der Waals surface area contributed by atoms with Crippen LogP contribution in [0.2, 0.25) is 0 Å². The van der Waals surface area contributed by atoms with Gasteiger partial charge in [0.2, 0.25) is 0 Å². The topological polar surface area (TPSA) is 99.1 Å². The van der Waals surface area contributed by atoms with E-state index in [-0.39, 0.29) is 0 Å². The molecular formula is C14H22N2O5S. The Bertz CT molecular complexity index is 578. The normalized spacial score (nSPS) is 29.5. The molecule has 4 atom stereocenters. The number of benzene rings is 1. The maximum atomic E-state index is 11.8. The van der Waals surface area contributed by atoms with E-state index in [4.69, 9.17) is 4.74 Å². The predicted molar refractivity (Wildman–Crippen MR) is 81.6 cm³/mol. The monoisotopic (exact) mass is 330 g/mol. The van der Waals surface area contributed by atoms with E-state index in [1.807, 2.05) is 18.2 Å². The van der Waals surface area contributed by atoms with Crippen molar-refractivity contribution in [2.24, 2.45) is 0 Å². The molecule has 8 heteroatoms. The zero-order valence-electron chi connectivity index (χ0n) is 12.6. The lowest BCUT2D eigenvalue weighted by Gasteiger charge is -2.37. The van der Waals surface area contributed by atoms with Gasteiger partial charge in [-0.2, -0.15) is 17.4 Å². The van der Waals surface area contributed by atoms with Gasteiger partial charge in [-0.05, 0) is 25.0 Å². The zero-order chi connectivity index (χ0) is 16.3. The minimum atomic E-state index is -3.66. The van der Waals surface area contributed by atoms with E-state index in [0.29, 0.717) is 18.6 Å². The highest BCUT2D eigenvalue weighted by molar-refractivity contribution is 7.87. The first-order valence-corrected chi connectivity index (χ1v) is 8.53. The van der Waals surface area contributed by atoms with Crippen LogP contribution in [0.4, 0.5) is 0 Å². The Morgan fingerprint density at radius 3 is 2.36 bits per heavy atom. The van der Waals surface area contributed by atoms with Gasteiger partial charge in [0.1, 0.15) is 18.0 Å². The number of rotatable bonds is 5. The Morgan fingerprint density at radius 2 is 1.77 bits per heavy atom. The molecule has 1 aromatic carbocycles. The number of hydrogen-bond donors (Lipinski definition) is 3. The first-order valence-electron chi connectivity index (χ1n) is 7.09. The van der Waals surface area contributed by atoms with Gasteiger partial charge in [0, 0.05) is 14.1 Å². The Hall–Kier alpha value is -1.19. The summed E-state index contributed by atoms with van der Waals surface area (Å²) in [4.78, 5) is 0. The molecule has 0 saturated heterocycles. The molecule has 1 aromatic rings. The molecule has 0 heterocycles. The second-order valence-electron chi connectivity index (χ2n) is 5.54. The van der Waals surface area contributed by atoms with Gasteiger partial charge in [-0.1, -0.05) is 18.2 Å². The maximum absolute atomic E-state index is 11.8. The minimum Gasteiger partial charge on any atom is -0.488 e. The van der Waals surface area contributed by atoms with Crippen molar-refractivity contribution in [1.82, 2.24) is 9.03 Å². The summed E-state index contributed by atoms with van der Waals surface area (Å²) in [6.45, 7) is 0. The van der Waals surface area contributed by atoms with E-state index < -0.39 is 34.6 Å². The van der Waals surface area contributed by atoms with Crippen molar-refractivity contribution >= 4 is 10.2 Å². The number of hydrogen-bond acceptors (Lipinski definition) is 5. The molecule has 0 aliphatic heterocycles. The zero-order valence-corrected chi connectivity index (χ0v) is 13.4. The summed E-state index contributed by atoms with van der Waals surface area (Å²) in [5.74, 6) is 0.603. The van der Waals surface area contributed by atoms with Crippen molar-refractivity contribution < 1.29 is 23.4 Å². The third kappa shape index (κ3) is 3.96. The molecule has 0 radical (unpaired) electrons. The molecule has 124 valence electrons. The first-order chi connectivity index (χ1) is 10.3. The van der Waals surface area contributed by atoms with Gasteiger partial charge in [-0.15, -0.1) is 0 Å². The molecule has 0 aromatic heterocycles. The lowest BCUT2D eigenvalue weighted by atomic mass is 9.88. The van der Waals surface area contributed by atoms with Gasteiger partial charge in [0.05, 0.1) is 12.1 Å². The van der Waals surface area contributed by atoms with Crippen molar-refractivity contribution in [2.75, 3.05) is 14.1 Å². The van der Waals surface area contributed by atoms with E-state index in [0.717, 1.165) is 4.31 Å². The largest absolute Gasteiger partial charge is 0.488 e. The molecule has 1 aliphatic carbocycles. The third-order valence-electron chi connectivity index (χ3n) is 3.72. The van der Waals surface area contributed by atoms with Crippen LogP contribution in [0.25, 0.3) is 0 Å². The first kappa shape index (κ1) is 17.2. The highest BCUT2D eigenvalue weighted by Crippen LogP contribution is 2.25. The van der Waals surface area contributed by atoms with Crippen LogP contribution >= 0.6 is 0 Å². The van der Waals surface area contributed by atoms with Gasteiger partial charge in [0.15, 0.2) is 0 Å². The SMILES string of the molecule is CN(C)S(=O)(=O)N[C@@H]1CC[C@@H](Oc2ccccc2)[C@@H](O)[C@@H]1O. The molecule has 1 saturated carbocycles. The van der Waals surface area contributed by atoms with E-state index in [2.05, 4.69) is 4.72 Å². The molecule has 2 rings (SSSR count). The highest BCUT2D eigenvalue weighted by Gasteiger charge is 2.40. The fraction of sp³-hybridized carbons (Fsp3) is 0.571. The number of nitrogens with zero attached hydrogens (tertiary/aromatic N) is 1. The lowest BCUT2D eigenvalue weighted by molar-refractivity contribution is -0.0857. The molecule has 0 spiro atoms. The minimum absolute atomic E-state index is 0.378. The number of aliphatic hydroxyl groups is 2. The number of para-hydroxylation sites is 1. The summed E-state index contributed by atoms with van der Waals surface area (Å²) in [7, 11) is -0.863. The van der Waals surface area contributed by atoms with Crippen LogP contribution < -0.4 is 9.46 Å². The van der Waals surface area contributed by atoms with Crippen LogP contribution in [-0.2, 0) is 10.2 Å². The van der Waals surface area contributed by atoms with Gasteiger partial charge in [-0.25, -0.2) is 0 Å². The fourth-order valence-electron chi connectivity index (χ4n) is 2.37. The van der Waals surface area contributed by atoms with Gasteiger partial charge in [-0.3, -0.25) is 0 Å². The van der Waals surface area contributed by atoms with Crippen LogP contribution in [-0.4, -0.2) is 61.4 Å². The van der Waals surface area contributed by atoms with Gasteiger partial charge in [0.25, 0.3) is 10.2 Å². The third-order valence-corrected chi connectivity index (χ3v) is 5.28. The van der Waals surface area contributed by atoms with Crippen LogP contribution in [0.1, 0.15) is 12.8 Å². The molecule has 1 aliphatic rings. The summed E-state index contributed by atoms with van der Waals surface area (Å²) in [6.07, 6.45) is -2.14. The van der Waals surface area contributed by atoms with Crippen molar-refractivity contribution in [1.29, 1.82) is 0 Å². The molecule has 0 amide bonds. The number of ether oxygens (including phenoxy) is 1. The second-order valence-corrected chi connectivity index (χ2v) is 7.46. The molecule has 3 N–H and O–H groups in total. The molecule has 0 bridgehead atoms. The predicted octanol–water partition coefficient (Wildman–Crippen LogP) is -0.286. The quantitative estimate of drug-likeness (QED) is 0.689. The standard InChI is InChI=1S/C14H22N2O5S/c1-16(2)22(19,20)15-11-8-9-12(14(18)13(11)17)21-10-6-4-3-5-7-10/h3-7,11-15,17-18H,8-9H2,1-2H3/t11-,12-,13-,14-/m1/s1. The van der Waals surface area contributed by atoms with Crippen LogP contribution in [0.15, 0.2) is 30.3 Å². The fourth-order valence-corrected chi connectivity index (χ4v) is 3.22. The maximum Gasteiger partial charge on any atom is 0.279 e. The molecule has 22 heavy (non-hydrogen) atoms. The van der Waals surface area contributed by atoms with Crippen molar-refractivity contribution in [3.8, 4) is 5.75 Å². The van der Waals surface area contributed by atoms with Crippen LogP contribution in [0, 0.1) is 0 Å². The number of aliphatic hydroxyl groups excluding tert-OH is 2. The van der Waals surface area contributed by atoms with Gasteiger partial charge >= 0.3 is 0 Å². The molecular weight excluding hydrogens is 308 g/mol. The Labute approximate surface area is 130 Å². The Kier molecular flexibility index (Phi) is 5.41. The van der Waals surface area contributed by atoms with Crippen LogP contribution in [0.5, 0.6) is 5.75 Å². The average molecular weight is 330 g/mol.